The molecule has 102 valence electrons. The second kappa shape index (κ2) is 5.83. The predicted molar refractivity (Wildman–Crippen MR) is 73.3 cm³/mol. The zero-order valence-corrected chi connectivity index (χ0v) is 12.0. The summed E-state index contributed by atoms with van der Waals surface area (Å²) in [6.07, 6.45) is 1.92. The van der Waals surface area contributed by atoms with E-state index in [1.807, 2.05) is 18.4 Å². The first kappa shape index (κ1) is 13.5. The summed E-state index contributed by atoms with van der Waals surface area (Å²) >= 11 is 1.47. The van der Waals surface area contributed by atoms with Gasteiger partial charge in [0, 0.05) is 5.56 Å². The predicted octanol–water partition coefficient (Wildman–Crippen LogP) is 2.22. The summed E-state index contributed by atoms with van der Waals surface area (Å²) in [6, 6.07) is 3.65. The average Bonchev–Trinajstić information content (AvgIpc) is 2.94. The van der Waals surface area contributed by atoms with E-state index in [1.165, 1.54) is 11.8 Å². The van der Waals surface area contributed by atoms with Gasteiger partial charge in [-0.15, -0.1) is 5.10 Å². The topological polar surface area (TPSA) is 69.3 Å². The maximum absolute atomic E-state index is 5.30. The third kappa shape index (κ3) is 2.60. The molecule has 0 saturated heterocycles. The lowest BCUT2D eigenvalue weighted by Gasteiger charge is -2.13. The monoisotopic (exact) mass is 281 g/mol. The minimum Gasteiger partial charge on any atom is -0.493 e. The van der Waals surface area contributed by atoms with Gasteiger partial charge in [-0.3, -0.25) is 5.10 Å². The number of H-pyrrole nitrogens is 1. The number of aromatic nitrogens is 3. The number of hydrogen-bond acceptors (Lipinski definition) is 6. The molecular weight excluding hydrogens is 266 g/mol. The number of hydrogen-bond donors (Lipinski definition) is 1. The Morgan fingerprint density at radius 2 is 1.68 bits per heavy atom. The molecular formula is C12H15N3O3S. The van der Waals surface area contributed by atoms with E-state index in [2.05, 4.69) is 15.2 Å². The van der Waals surface area contributed by atoms with Crippen molar-refractivity contribution in [2.24, 2.45) is 0 Å². The molecule has 1 N–H and O–H groups in total. The molecule has 0 saturated carbocycles. The zero-order valence-electron chi connectivity index (χ0n) is 11.2. The van der Waals surface area contributed by atoms with Crippen LogP contribution in [0.25, 0.3) is 11.4 Å². The van der Waals surface area contributed by atoms with Gasteiger partial charge >= 0.3 is 0 Å². The molecule has 2 aromatic rings. The van der Waals surface area contributed by atoms with Crippen molar-refractivity contribution in [3.05, 3.63) is 12.1 Å². The Morgan fingerprint density at radius 1 is 1.05 bits per heavy atom. The van der Waals surface area contributed by atoms with Crippen molar-refractivity contribution >= 4 is 11.8 Å². The molecule has 7 heteroatoms. The average molecular weight is 281 g/mol. The van der Waals surface area contributed by atoms with Crippen LogP contribution in [0.2, 0.25) is 0 Å². The number of rotatable bonds is 5. The Morgan fingerprint density at radius 3 is 2.11 bits per heavy atom. The largest absolute Gasteiger partial charge is 0.493 e. The van der Waals surface area contributed by atoms with E-state index < -0.39 is 0 Å². The van der Waals surface area contributed by atoms with Gasteiger partial charge in [-0.25, -0.2) is 4.98 Å². The first-order valence-corrected chi connectivity index (χ1v) is 6.72. The van der Waals surface area contributed by atoms with Gasteiger partial charge in [0.05, 0.1) is 21.3 Å². The maximum atomic E-state index is 5.30. The quantitative estimate of drug-likeness (QED) is 0.847. The molecule has 0 radical (unpaired) electrons. The summed E-state index contributed by atoms with van der Waals surface area (Å²) in [5.74, 6) is 2.37. The highest BCUT2D eigenvalue weighted by Crippen LogP contribution is 2.40. The van der Waals surface area contributed by atoms with Crippen LogP contribution in [-0.4, -0.2) is 42.8 Å². The van der Waals surface area contributed by atoms with Crippen molar-refractivity contribution in [1.82, 2.24) is 15.2 Å². The van der Waals surface area contributed by atoms with Gasteiger partial charge in [0.2, 0.25) is 10.9 Å². The third-order valence-electron chi connectivity index (χ3n) is 2.59. The first-order chi connectivity index (χ1) is 9.23. The zero-order chi connectivity index (χ0) is 13.8. The van der Waals surface area contributed by atoms with Crippen molar-refractivity contribution in [1.29, 1.82) is 0 Å². The lowest BCUT2D eigenvalue weighted by atomic mass is 10.1. The van der Waals surface area contributed by atoms with E-state index in [0.29, 0.717) is 28.2 Å². The van der Waals surface area contributed by atoms with Gasteiger partial charge in [0.25, 0.3) is 0 Å². The summed E-state index contributed by atoms with van der Waals surface area (Å²) in [7, 11) is 4.73. The fraction of sp³-hybridized carbons (Fsp3) is 0.333. The van der Waals surface area contributed by atoms with Crippen molar-refractivity contribution in [3.8, 4) is 28.6 Å². The molecule has 0 spiro atoms. The Balaban J connectivity index is 2.51. The van der Waals surface area contributed by atoms with Crippen LogP contribution in [0, 0.1) is 0 Å². The Hall–Kier alpha value is -1.89. The van der Waals surface area contributed by atoms with Gasteiger partial charge in [0.1, 0.15) is 0 Å². The van der Waals surface area contributed by atoms with Crippen molar-refractivity contribution in [3.63, 3.8) is 0 Å². The summed E-state index contributed by atoms with van der Waals surface area (Å²) in [5, 5.41) is 7.64. The van der Waals surface area contributed by atoms with Crippen molar-refractivity contribution < 1.29 is 14.2 Å². The Kier molecular flexibility index (Phi) is 4.16. The van der Waals surface area contributed by atoms with E-state index in [1.54, 1.807) is 21.3 Å². The van der Waals surface area contributed by atoms with Gasteiger partial charge in [-0.05, 0) is 18.4 Å². The van der Waals surface area contributed by atoms with Gasteiger partial charge in [0.15, 0.2) is 17.3 Å². The molecule has 0 bridgehead atoms. The summed E-state index contributed by atoms with van der Waals surface area (Å²) in [6.45, 7) is 0. The number of thioether (sulfide) groups is 1. The molecule has 0 atom stereocenters. The molecule has 2 rings (SSSR count). The van der Waals surface area contributed by atoms with Crippen molar-refractivity contribution in [2.45, 2.75) is 5.16 Å². The molecule has 1 heterocycles. The van der Waals surface area contributed by atoms with Gasteiger partial charge < -0.3 is 14.2 Å². The molecule has 19 heavy (non-hydrogen) atoms. The van der Waals surface area contributed by atoms with E-state index in [-0.39, 0.29) is 0 Å². The highest BCUT2D eigenvalue weighted by Gasteiger charge is 2.15. The second-order valence-corrected chi connectivity index (χ2v) is 4.36. The SMILES string of the molecule is COc1cc(-c2nc(SC)n[nH]2)cc(OC)c1OC. The van der Waals surface area contributed by atoms with Gasteiger partial charge in [-0.2, -0.15) is 0 Å². The molecule has 0 aliphatic heterocycles. The highest BCUT2D eigenvalue weighted by molar-refractivity contribution is 7.98. The lowest BCUT2D eigenvalue weighted by Crippen LogP contribution is -1.96. The second-order valence-electron chi connectivity index (χ2n) is 3.58. The van der Waals surface area contributed by atoms with Crippen LogP contribution in [0.5, 0.6) is 17.2 Å². The molecule has 0 fully saturated rings. The standard InChI is InChI=1S/C12H15N3O3S/c1-16-8-5-7(6-9(17-2)10(8)18-3)11-13-12(19-4)15-14-11/h5-6H,1-4H3,(H,13,14,15). The van der Waals surface area contributed by atoms with E-state index in [4.69, 9.17) is 14.2 Å². The number of benzene rings is 1. The Bertz CT molecular complexity index is 546. The van der Waals surface area contributed by atoms with E-state index >= 15 is 0 Å². The number of nitrogens with one attached hydrogen (secondary N) is 1. The molecule has 1 aromatic carbocycles. The van der Waals surface area contributed by atoms with Crippen LogP contribution in [0.4, 0.5) is 0 Å². The van der Waals surface area contributed by atoms with E-state index in [9.17, 15) is 0 Å². The minimum absolute atomic E-state index is 0.554. The molecule has 0 aliphatic rings. The highest BCUT2D eigenvalue weighted by atomic mass is 32.2. The number of aromatic amines is 1. The normalized spacial score (nSPS) is 10.3. The van der Waals surface area contributed by atoms with Crippen LogP contribution >= 0.6 is 11.8 Å². The molecule has 0 amide bonds. The molecule has 1 aromatic heterocycles. The fourth-order valence-electron chi connectivity index (χ4n) is 1.68. The summed E-state index contributed by atoms with van der Waals surface area (Å²) in [5.41, 5.74) is 0.822. The maximum Gasteiger partial charge on any atom is 0.208 e. The third-order valence-corrected chi connectivity index (χ3v) is 3.13. The molecule has 0 aliphatic carbocycles. The fourth-order valence-corrected chi connectivity index (χ4v) is 2.00. The molecule has 0 unspecified atom stereocenters. The lowest BCUT2D eigenvalue weighted by molar-refractivity contribution is 0.324. The van der Waals surface area contributed by atoms with Crippen molar-refractivity contribution in [2.75, 3.05) is 27.6 Å². The first-order valence-electron chi connectivity index (χ1n) is 5.50. The van der Waals surface area contributed by atoms with Crippen LogP contribution in [0.1, 0.15) is 0 Å². The molecule has 6 nitrogen and oxygen atoms in total. The number of nitrogens with zero attached hydrogens (tertiary/aromatic N) is 2. The summed E-state index contributed by atoms with van der Waals surface area (Å²) in [4.78, 5) is 4.35. The van der Waals surface area contributed by atoms with E-state index in [0.717, 1.165) is 5.56 Å². The summed E-state index contributed by atoms with van der Waals surface area (Å²) < 4.78 is 15.9. The Labute approximate surface area is 115 Å². The van der Waals surface area contributed by atoms with Crippen LogP contribution in [0.3, 0.4) is 0 Å². The number of ether oxygens (including phenoxy) is 3. The van der Waals surface area contributed by atoms with Gasteiger partial charge in [-0.1, -0.05) is 11.8 Å². The smallest absolute Gasteiger partial charge is 0.208 e. The van der Waals surface area contributed by atoms with Crippen LogP contribution < -0.4 is 14.2 Å². The van der Waals surface area contributed by atoms with Crippen LogP contribution in [-0.2, 0) is 0 Å². The minimum atomic E-state index is 0.554. The number of methoxy groups -OCH3 is 3. The van der Waals surface area contributed by atoms with Crippen LogP contribution in [0.15, 0.2) is 17.3 Å².